The van der Waals surface area contributed by atoms with E-state index in [9.17, 15) is 17.6 Å². The number of alkyl halides is 1. The lowest BCUT2D eigenvalue weighted by Crippen LogP contribution is -2.27. The Balaban J connectivity index is 0. The molecule has 2 N–H and O–H groups in total. The van der Waals surface area contributed by atoms with Crippen molar-refractivity contribution in [3.63, 3.8) is 0 Å². The van der Waals surface area contributed by atoms with E-state index in [1.54, 1.807) is 12.2 Å². The lowest BCUT2D eigenvalue weighted by Gasteiger charge is -2.00. The van der Waals surface area contributed by atoms with E-state index in [4.69, 9.17) is 9.63 Å². The van der Waals surface area contributed by atoms with Crippen molar-refractivity contribution in [1.82, 2.24) is 14.9 Å². The molecule has 0 amide bonds. The minimum atomic E-state index is -3.86. The number of halogens is 1. The van der Waals surface area contributed by atoms with E-state index in [1.807, 2.05) is 51.5 Å². The Kier molecular flexibility index (Phi) is 20.6. The van der Waals surface area contributed by atoms with E-state index in [0.717, 1.165) is 23.0 Å². The van der Waals surface area contributed by atoms with Gasteiger partial charge in [0, 0.05) is 11.0 Å². The van der Waals surface area contributed by atoms with E-state index in [1.165, 1.54) is 12.2 Å². The molecule has 36 heavy (non-hydrogen) atoms. The van der Waals surface area contributed by atoms with Crippen molar-refractivity contribution in [2.75, 3.05) is 13.2 Å². The summed E-state index contributed by atoms with van der Waals surface area (Å²) in [5.41, 5.74) is 2.56. The lowest BCUT2D eigenvalue weighted by atomic mass is 10.1. The van der Waals surface area contributed by atoms with E-state index in [-0.39, 0.29) is 5.89 Å². The maximum absolute atomic E-state index is 12.4. The molecule has 1 heterocycles. The number of aliphatic carboxylic acids is 1. The van der Waals surface area contributed by atoms with Crippen LogP contribution in [0.25, 0.3) is 11.1 Å². The first kappa shape index (κ1) is 35.1. The second-order valence-corrected chi connectivity index (χ2v) is 8.49. The van der Waals surface area contributed by atoms with Crippen LogP contribution in [0.15, 0.2) is 65.1 Å². The minimum Gasteiger partial charge on any atom is -0.480 e. The summed E-state index contributed by atoms with van der Waals surface area (Å²) in [5.74, 6) is -0.645. The molecule has 0 aliphatic carbocycles. The summed E-state index contributed by atoms with van der Waals surface area (Å²) < 4.78 is 42.8. The number of rotatable bonds is 14. The third-order valence-corrected chi connectivity index (χ3v) is 5.14. The third kappa shape index (κ3) is 16.5. The predicted octanol–water partition coefficient (Wildman–Crippen LogP) is 6.25. The quantitative estimate of drug-likeness (QED) is 0.275. The highest BCUT2D eigenvalue weighted by atomic mass is 32.2. The second kappa shape index (κ2) is 21.2. The highest BCUT2D eigenvalue weighted by Gasteiger charge is 2.13. The Morgan fingerprint density at radius 3 is 2.33 bits per heavy atom. The molecule has 1 aromatic rings. The SMILES string of the molecule is C=C/C=C(/C)C=C.CC.CC/C=C(\CCCF)c1noc(/C(=C/C=C/S(=O)(=O)NCC(=O)O)CC)n1. The number of nitrogens with zero attached hydrogens (tertiary/aromatic N) is 2. The highest BCUT2D eigenvalue weighted by molar-refractivity contribution is 7.92. The van der Waals surface area contributed by atoms with Crippen molar-refractivity contribution >= 4 is 27.1 Å². The molecule has 8 nitrogen and oxygen atoms in total. The molecule has 0 aliphatic heterocycles. The molecular formula is C26H40FN3O5S. The van der Waals surface area contributed by atoms with Gasteiger partial charge in [-0.1, -0.05) is 82.0 Å². The van der Waals surface area contributed by atoms with Crippen molar-refractivity contribution in [1.29, 1.82) is 0 Å². The van der Waals surface area contributed by atoms with Crippen LogP contribution in [-0.4, -0.2) is 42.9 Å². The Labute approximate surface area is 215 Å². The fraction of sp³-hybridized carbons (Fsp3) is 0.423. The van der Waals surface area contributed by atoms with Gasteiger partial charge in [0.15, 0.2) is 5.82 Å². The molecule has 0 aliphatic rings. The number of carboxylic acids is 1. The van der Waals surface area contributed by atoms with Crippen LogP contribution in [0.4, 0.5) is 4.39 Å². The van der Waals surface area contributed by atoms with Gasteiger partial charge in [0.25, 0.3) is 5.89 Å². The number of carbonyl (C=O) groups is 1. The van der Waals surface area contributed by atoms with Gasteiger partial charge < -0.3 is 9.63 Å². The van der Waals surface area contributed by atoms with Crippen LogP contribution in [0.3, 0.4) is 0 Å². The zero-order valence-electron chi connectivity index (χ0n) is 22.0. The van der Waals surface area contributed by atoms with Crippen molar-refractivity contribution in [3.05, 3.63) is 72.3 Å². The molecule has 0 unspecified atom stereocenters. The summed E-state index contributed by atoms with van der Waals surface area (Å²) >= 11 is 0. The molecule has 10 heteroatoms. The van der Waals surface area contributed by atoms with E-state index >= 15 is 0 Å². The Hall–Kier alpha value is -3.11. The van der Waals surface area contributed by atoms with Crippen LogP contribution < -0.4 is 4.72 Å². The fourth-order valence-corrected chi connectivity index (χ4v) is 3.06. The first-order valence-corrected chi connectivity index (χ1v) is 13.3. The first-order chi connectivity index (χ1) is 17.1. The molecule has 0 saturated carbocycles. The Morgan fingerprint density at radius 2 is 1.86 bits per heavy atom. The summed E-state index contributed by atoms with van der Waals surface area (Å²) in [6.07, 6.45) is 12.3. The van der Waals surface area contributed by atoms with Gasteiger partial charge in [0.05, 0.1) is 6.67 Å². The monoisotopic (exact) mass is 525 g/mol. The average molecular weight is 526 g/mol. The second-order valence-electron chi connectivity index (χ2n) is 6.84. The summed E-state index contributed by atoms with van der Waals surface area (Å²) in [6.45, 7) is 15.7. The topological polar surface area (TPSA) is 122 Å². The summed E-state index contributed by atoms with van der Waals surface area (Å²) in [7, 11) is -3.86. The minimum absolute atomic E-state index is 0.246. The molecule has 0 radical (unpaired) electrons. The molecule has 0 spiro atoms. The summed E-state index contributed by atoms with van der Waals surface area (Å²) in [4.78, 5) is 14.7. The highest BCUT2D eigenvalue weighted by Crippen LogP contribution is 2.22. The van der Waals surface area contributed by atoms with E-state index in [2.05, 4.69) is 23.3 Å². The number of sulfonamides is 1. The standard InChI is InChI=1S/C17H24FN3O5S.C7H10.C2H6/c1-3-7-14(8-5-10-18)16-20-17(26-21-16)13(4-2)9-6-11-27(24,25)19-12-15(22)23;1-4-6-7(3)5-2;1-2/h6-7,9,11,19H,3-5,8,10,12H2,1-2H3,(H,22,23);4-6H,1-2H2,3H3;1-2H3/b11-6+,13-9+,14-7+;7-6-;. The molecule has 1 rings (SSSR count). The van der Waals surface area contributed by atoms with Crippen molar-refractivity contribution in [3.8, 4) is 0 Å². The normalized spacial score (nSPS) is 12.3. The van der Waals surface area contributed by atoms with Gasteiger partial charge in [-0.2, -0.15) is 4.98 Å². The number of aromatic nitrogens is 2. The van der Waals surface area contributed by atoms with Crippen LogP contribution in [0.2, 0.25) is 0 Å². The molecule has 0 aromatic carbocycles. The number of hydrogen-bond donors (Lipinski definition) is 2. The number of allylic oxidation sites excluding steroid dienone is 9. The summed E-state index contributed by atoms with van der Waals surface area (Å²) in [6, 6.07) is 0. The lowest BCUT2D eigenvalue weighted by molar-refractivity contribution is -0.135. The molecule has 0 bridgehead atoms. The molecule has 0 fully saturated rings. The average Bonchev–Trinajstić information content (AvgIpc) is 3.35. The van der Waals surface area contributed by atoms with Crippen LogP contribution in [0.1, 0.15) is 72.0 Å². The van der Waals surface area contributed by atoms with Gasteiger partial charge in [-0.05, 0) is 44.3 Å². The maximum Gasteiger partial charge on any atom is 0.318 e. The Bertz CT molecular complexity index is 1020. The van der Waals surface area contributed by atoms with Crippen molar-refractivity contribution < 1.29 is 27.2 Å². The summed E-state index contributed by atoms with van der Waals surface area (Å²) in [5, 5.41) is 13.3. The molecule has 1 aromatic heterocycles. The van der Waals surface area contributed by atoms with Crippen LogP contribution in [-0.2, 0) is 14.8 Å². The van der Waals surface area contributed by atoms with Gasteiger partial charge in [-0.3, -0.25) is 9.18 Å². The predicted molar refractivity (Wildman–Crippen MR) is 145 cm³/mol. The fourth-order valence-electron chi connectivity index (χ4n) is 2.36. The van der Waals surface area contributed by atoms with Gasteiger partial charge in [-0.15, -0.1) is 0 Å². The number of carboxylic acid groups (broad SMARTS) is 1. The van der Waals surface area contributed by atoms with Gasteiger partial charge >= 0.3 is 5.97 Å². The third-order valence-electron chi connectivity index (χ3n) is 4.08. The first-order valence-electron chi connectivity index (χ1n) is 11.7. The zero-order valence-corrected chi connectivity index (χ0v) is 22.8. The molecular weight excluding hydrogens is 485 g/mol. The zero-order chi connectivity index (χ0) is 28.0. The van der Waals surface area contributed by atoms with Gasteiger partial charge in [0.2, 0.25) is 10.0 Å². The van der Waals surface area contributed by atoms with Crippen molar-refractivity contribution in [2.24, 2.45) is 0 Å². The van der Waals surface area contributed by atoms with Gasteiger partial charge in [0.1, 0.15) is 6.54 Å². The van der Waals surface area contributed by atoms with Crippen LogP contribution >= 0.6 is 0 Å². The van der Waals surface area contributed by atoms with Gasteiger partial charge in [-0.25, -0.2) is 13.1 Å². The van der Waals surface area contributed by atoms with Crippen molar-refractivity contribution in [2.45, 2.75) is 60.3 Å². The molecule has 202 valence electrons. The van der Waals surface area contributed by atoms with Crippen LogP contribution in [0.5, 0.6) is 0 Å². The Morgan fingerprint density at radius 1 is 1.19 bits per heavy atom. The van der Waals surface area contributed by atoms with E-state index in [0.29, 0.717) is 30.7 Å². The maximum atomic E-state index is 12.4. The smallest absolute Gasteiger partial charge is 0.318 e. The number of nitrogens with one attached hydrogen (secondary N) is 1. The van der Waals surface area contributed by atoms with E-state index < -0.39 is 29.2 Å². The largest absolute Gasteiger partial charge is 0.480 e. The molecule has 0 saturated heterocycles. The molecule has 0 atom stereocenters. The number of hydrogen-bond acceptors (Lipinski definition) is 6. The van der Waals surface area contributed by atoms with Crippen LogP contribution in [0, 0.1) is 0 Å².